The average molecular weight is 391 g/mol. The third kappa shape index (κ3) is 6.46. The van der Waals surface area contributed by atoms with Crippen LogP contribution in [0.25, 0.3) is 0 Å². The quantitative estimate of drug-likeness (QED) is 0.709. The molecule has 0 aliphatic heterocycles. The fourth-order valence-electron chi connectivity index (χ4n) is 1.96. The van der Waals surface area contributed by atoms with E-state index in [4.69, 9.17) is 5.73 Å². The van der Waals surface area contributed by atoms with E-state index in [2.05, 4.69) is 21.2 Å². The smallest absolute Gasteiger partial charge is 0.235 e. The van der Waals surface area contributed by atoms with Gasteiger partial charge in [0.25, 0.3) is 0 Å². The van der Waals surface area contributed by atoms with Gasteiger partial charge in [0.2, 0.25) is 5.91 Å². The van der Waals surface area contributed by atoms with Crippen molar-refractivity contribution in [2.45, 2.75) is 38.0 Å². The minimum absolute atomic E-state index is 0.158. The summed E-state index contributed by atoms with van der Waals surface area (Å²) in [6, 6.07) is 7.03. The van der Waals surface area contributed by atoms with Gasteiger partial charge in [-0.2, -0.15) is 0 Å². The second-order valence-electron chi connectivity index (χ2n) is 5.51. The Bertz CT molecular complexity index is 613. The van der Waals surface area contributed by atoms with Gasteiger partial charge in [0.1, 0.15) is 5.75 Å². The fraction of sp³-hybridized carbons (Fsp3) is 0.533. The van der Waals surface area contributed by atoms with Crippen LogP contribution in [0, 0.1) is 0 Å². The second-order valence-corrected chi connectivity index (χ2v) is 8.49. The van der Waals surface area contributed by atoms with Gasteiger partial charge in [-0.3, -0.25) is 4.79 Å². The minimum atomic E-state index is -3.51. The van der Waals surface area contributed by atoms with Gasteiger partial charge >= 0.3 is 0 Å². The van der Waals surface area contributed by atoms with E-state index in [0.29, 0.717) is 18.4 Å². The highest BCUT2D eigenvalue weighted by atomic mass is 79.9. The third-order valence-electron chi connectivity index (χ3n) is 3.67. The molecule has 1 aromatic rings. The van der Waals surface area contributed by atoms with E-state index < -0.39 is 27.0 Å². The van der Waals surface area contributed by atoms with Gasteiger partial charge in [-0.15, -0.1) is 0 Å². The lowest BCUT2D eigenvalue weighted by Gasteiger charge is -2.26. The van der Waals surface area contributed by atoms with Gasteiger partial charge < -0.3 is 11.1 Å². The SMILES string of the molecule is CCC(N)(CC)CNC(=O)CS(=O)(=O)Cc1cccc(Br)c1. The average Bonchev–Trinajstić information content (AvgIpc) is 2.43. The molecule has 0 unspecified atom stereocenters. The molecule has 0 radical (unpaired) electrons. The van der Waals surface area contributed by atoms with Crippen LogP contribution in [0.1, 0.15) is 32.3 Å². The maximum atomic E-state index is 12.1. The van der Waals surface area contributed by atoms with Gasteiger partial charge in [0.05, 0.1) is 5.75 Å². The molecule has 0 bridgehead atoms. The van der Waals surface area contributed by atoms with Crippen molar-refractivity contribution >= 4 is 31.7 Å². The van der Waals surface area contributed by atoms with Crippen LogP contribution in [0.5, 0.6) is 0 Å². The molecule has 0 fully saturated rings. The first-order chi connectivity index (χ1) is 10.2. The number of carbonyl (C=O) groups excluding carboxylic acids is 1. The molecule has 0 aromatic heterocycles. The number of halogens is 1. The van der Waals surface area contributed by atoms with Gasteiger partial charge in [0, 0.05) is 16.6 Å². The second kappa shape index (κ2) is 8.08. The van der Waals surface area contributed by atoms with E-state index in [1.165, 1.54) is 0 Å². The minimum Gasteiger partial charge on any atom is -0.353 e. The van der Waals surface area contributed by atoms with E-state index in [1.807, 2.05) is 19.9 Å². The summed E-state index contributed by atoms with van der Waals surface area (Å²) in [5.41, 5.74) is 6.25. The number of benzene rings is 1. The summed E-state index contributed by atoms with van der Waals surface area (Å²) in [5.74, 6) is -1.19. The van der Waals surface area contributed by atoms with Gasteiger partial charge in [-0.05, 0) is 30.5 Å². The molecule has 124 valence electrons. The summed E-state index contributed by atoms with van der Waals surface area (Å²) in [6.07, 6.45) is 1.43. The van der Waals surface area contributed by atoms with Crippen LogP contribution >= 0.6 is 15.9 Å². The van der Waals surface area contributed by atoms with Crippen LogP contribution in [-0.2, 0) is 20.4 Å². The maximum Gasteiger partial charge on any atom is 0.235 e. The molecule has 5 nitrogen and oxygen atoms in total. The molecule has 3 N–H and O–H groups in total. The summed E-state index contributed by atoms with van der Waals surface area (Å²) >= 11 is 3.30. The van der Waals surface area contributed by atoms with Crippen molar-refractivity contribution in [3.8, 4) is 0 Å². The maximum absolute atomic E-state index is 12.1. The molecule has 22 heavy (non-hydrogen) atoms. The summed E-state index contributed by atoms with van der Waals surface area (Å²) < 4.78 is 25.0. The first-order valence-corrected chi connectivity index (χ1v) is 9.81. The summed E-state index contributed by atoms with van der Waals surface area (Å²) in [6.45, 7) is 4.17. The molecule has 0 saturated carbocycles. The lowest BCUT2D eigenvalue weighted by atomic mass is 9.94. The largest absolute Gasteiger partial charge is 0.353 e. The van der Waals surface area contributed by atoms with Crippen LogP contribution in [0.15, 0.2) is 28.7 Å². The van der Waals surface area contributed by atoms with Crippen molar-refractivity contribution < 1.29 is 13.2 Å². The van der Waals surface area contributed by atoms with Crippen molar-refractivity contribution in [2.75, 3.05) is 12.3 Å². The standard InChI is InChI=1S/C15H23BrN2O3S/c1-3-15(17,4-2)11-18-14(19)10-22(20,21)9-12-6-5-7-13(16)8-12/h5-8H,3-4,9-11,17H2,1-2H3,(H,18,19). The number of amides is 1. The van der Waals surface area contributed by atoms with Crippen molar-refractivity contribution in [1.82, 2.24) is 5.32 Å². The first kappa shape index (κ1) is 19.1. The van der Waals surface area contributed by atoms with E-state index in [9.17, 15) is 13.2 Å². The molecular formula is C15H23BrN2O3S. The Morgan fingerprint density at radius 2 is 1.95 bits per heavy atom. The van der Waals surface area contributed by atoms with Gasteiger partial charge in [-0.25, -0.2) is 8.42 Å². The van der Waals surface area contributed by atoms with Gasteiger partial charge in [0.15, 0.2) is 9.84 Å². The molecule has 0 heterocycles. The number of sulfone groups is 1. The number of hydrogen-bond acceptors (Lipinski definition) is 4. The molecule has 0 saturated heterocycles. The zero-order valence-electron chi connectivity index (χ0n) is 12.9. The summed E-state index contributed by atoms with van der Waals surface area (Å²) in [4.78, 5) is 11.8. The monoisotopic (exact) mass is 390 g/mol. The van der Waals surface area contributed by atoms with E-state index in [-0.39, 0.29) is 12.3 Å². The van der Waals surface area contributed by atoms with Crippen LogP contribution in [0.3, 0.4) is 0 Å². The molecule has 1 amide bonds. The lowest BCUT2D eigenvalue weighted by molar-refractivity contribution is -0.118. The highest BCUT2D eigenvalue weighted by molar-refractivity contribution is 9.10. The van der Waals surface area contributed by atoms with E-state index in [0.717, 1.165) is 4.47 Å². The molecule has 0 aliphatic rings. The summed E-state index contributed by atoms with van der Waals surface area (Å²) in [7, 11) is -3.51. The number of nitrogens with two attached hydrogens (primary N) is 1. The molecule has 1 rings (SSSR count). The van der Waals surface area contributed by atoms with Crippen molar-refractivity contribution in [3.63, 3.8) is 0 Å². The molecule has 0 aliphatic carbocycles. The Kier molecular flexibility index (Phi) is 7.02. The highest BCUT2D eigenvalue weighted by Crippen LogP contribution is 2.14. The molecule has 0 atom stereocenters. The zero-order chi connectivity index (χ0) is 16.8. The highest BCUT2D eigenvalue weighted by Gasteiger charge is 2.23. The van der Waals surface area contributed by atoms with E-state index in [1.54, 1.807) is 18.2 Å². The predicted octanol–water partition coefficient (Wildman–Crippen LogP) is 2.00. The predicted molar refractivity (Wildman–Crippen MR) is 92.1 cm³/mol. The van der Waals surface area contributed by atoms with Crippen molar-refractivity contribution in [3.05, 3.63) is 34.3 Å². The molecule has 0 spiro atoms. The molecular weight excluding hydrogens is 368 g/mol. The van der Waals surface area contributed by atoms with E-state index >= 15 is 0 Å². The number of rotatable bonds is 8. The van der Waals surface area contributed by atoms with Crippen molar-refractivity contribution in [1.29, 1.82) is 0 Å². The Balaban J connectivity index is 2.59. The number of carbonyl (C=O) groups is 1. The third-order valence-corrected chi connectivity index (χ3v) is 5.64. The van der Waals surface area contributed by atoms with Crippen LogP contribution in [0.2, 0.25) is 0 Å². The summed E-state index contributed by atoms with van der Waals surface area (Å²) in [5, 5.41) is 2.63. The fourth-order valence-corrected chi connectivity index (χ4v) is 3.69. The van der Waals surface area contributed by atoms with Gasteiger partial charge in [-0.1, -0.05) is 41.9 Å². The normalized spacial score (nSPS) is 12.2. The number of nitrogens with one attached hydrogen (secondary N) is 1. The Hall–Kier alpha value is -0.920. The van der Waals surface area contributed by atoms with Crippen LogP contribution < -0.4 is 11.1 Å². The lowest BCUT2D eigenvalue weighted by Crippen LogP contribution is -2.50. The zero-order valence-corrected chi connectivity index (χ0v) is 15.3. The first-order valence-electron chi connectivity index (χ1n) is 7.20. The Morgan fingerprint density at radius 1 is 1.32 bits per heavy atom. The van der Waals surface area contributed by atoms with Crippen LogP contribution in [0.4, 0.5) is 0 Å². The molecule has 7 heteroatoms. The Labute approximate surface area is 140 Å². The number of hydrogen-bond donors (Lipinski definition) is 2. The Morgan fingerprint density at radius 3 is 2.50 bits per heavy atom. The molecule has 1 aromatic carbocycles. The van der Waals surface area contributed by atoms with Crippen molar-refractivity contribution in [2.24, 2.45) is 5.73 Å². The van der Waals surface area contributed by atoms with Crippen LogP contribution in [-0.4, -0.2) is 32.2 Å². The topological polar surface area (TPSA) is 89.3 Å².